The van der Waals surface area contributed by atoms with E-state index < -0.39 is 0 Å². The molecule has 2 aromatic carbocycles. The average Bonchev–Trinajstić information content (AvgIpc) is 2.64. The van der Waals surface area contributed by atoms with Crippen molar-refractivity contribution in [2.24, 2.45) is 0 Å². The summed E-state index contributed by atoms with van der Waals surface area (Å²) in [4.78, 5) is 4.57. The average molecular weight is 394 g/mol. The predicted molar refractivity (Wildman–Crippen MR) is 105 cm³/mol. The van der Waals surface area contributed by atoms with Crippen LogP contribution in [0, 0.1) is 0 Å². The summed E-state index contributed by atoms with van der Waals surface area (Å²) >= 11 is 18.7. The van der Waals surface area contributed by atoms with Gasteiger partial charge in [-0.15, -0.1) is 5.10 Å². The monoisotopic (exact) mass is 392 g/mol. The van der Waals surface area contributed by atoms with Gasteiger partial charge in [0.2, 0.25) is 0 Å². The first-order chi connectivity index (χ1) is 12.1. The molecule has 3 aromatic rings. The second kappa shape index (κ2) is 6.87. The van der Waals surface area contributed by atoms with Crippen LogP contribution in [-0.4, -0.2) is 36.4 Å². The third-order valence-corrected chi connectivity index (χ3v) is 5.61. The molecule has 25 heavy (non-hydrogen) atoms. The highest BCUT2D eigenvalue weighted by molar-refractivity contribution is 6.43. The number of aromatic nitrogens is 2. The second-order valence-corrected chi connectivity index (χ2v) is 7.11. The zero-order valence-electron chi connectivity index (χ0n) is 13.3. The lowest BCUT2D eigenvalue weighted by Gasteiger charge is -2.38. The Morgan fingerprint density at radius 2 is 1.40 bits per heavy atom. The normalized spacial score (nSPS) is 15.0. The molecule has 0 atom stereocenters. The molecule has 0 unspecified atom stereocenters. The minimum atomic E-state index is 0.584. The smallest absolute Gasteiger partial charge is 0.114 e. The number of nitrogens with zero attached hydrogens (tertiary/aromatic N) is 4. The van der Waals surface area contributed by atoms with Gasteiger partial charge in [0, 0.05) is 31.6 Å². The van der Waals surface area contributed by atoms with Crippen LogP contribution in [-0.2, 0) is 0 Å². The Bertz CT molecular complexity index is 923. The van der Waals surface area contributed by atoms with Gasteiger partial charge in [-0.25, -0.2) is 0 Å². The van der Waals surface area contributed by atoms with E-state index >= 15 is 0 Å². The Kier molecular flexibility index (Phi) is 4.59. The van der Waals surface area contributed by atoms with Crippen LogP contribution in [0.4, 0.5) is 11.4 Å². The molecule has 0 spiro atoms. The van der Waals surface area contributed by atoms with Gasteiger partial charge in [-0.05, 0) is 18.2 Å². The van der Waals surface area contributed by atoms with Gasteiger partial charge in [-0.3, -0.25) is 0 Å². The van der Waals surface area contributed by atoms with Crippen LogP contribution in [0.25, 0.3) is 10.9 Å². The predicted octanol–water partition coefficient (Wildman–Crippen LogP) is 4.92. The summed E-state index contributed by atoms with van der Waals surface area (Å²) in [6, 6.07) is 11.6. The Hall–Kier alpha value is -1.75. The van der Waals surface area contributed by atoms with Gasteiger partial charge in [-0.1, -0.05) is 53.0 Å². The lowest BCUT2D eigenvalue weighted by Crippen LogP contribution is -2.46. The van der Waals surface area contributed by atoms with Crippen molar-refractivity contribution in [1.29, 1.82) is 0 Å². The van der Waals surface area contributed by atoms with E-state index in [1.165, 1.54) is 0 Å². The molecule has 0 amide bonds. The zero-order valence-corrected chi connectivity index (χ0v) is 15.6. The van der Waals surface area contributed by atoms with Crippen molar-refractivity contribution in [3.63, 3.8) is 0 Å². The van der Waals surface area contributed by atoms with Crippen LogP contribution in [0.3, 0.4) is 0 Å². The third kappa shape index (κ3) is 3.10. The van der Waals surface area contributed by atoms with E-state index in [1.807, 2.05) is 36.4 Å². The van der Waals surface area contributed by atoms with E-state index in [9.17, 15) is 0 Å². The third-order valence-electron chi connectivity index (χ3n) is 4.49. The van der Waals surface area contributed by atoms with E-state index in [2.05, 4.69) is 20.0 Å². The number of halogens is 3. The highest BCUT2D eigenvalue weighted by atomic mass is 35.5. The van der Waals surface area contributed by atoms with Gasteiger partial charge in [0.1, 0.15) is 5.52 Å². The molecule has 1 fully saturated rings. The van der Waals surface area contributed by atoms with Crippen molar-refractivity contribution < 1.29 is 0 Å². The maximum absolute atomic E-state index is 6.36. The standard InChI is InChI=1S/C18H15Cl3N4/c19-13-4-2-6-15(17(13)21)24-7-9-25(10-8-24)16-11-22-23-18-12(16)3-1-5-14(18)20/h1-6,11H,7-10H2. The Labute approximate surface area is 160 Å². The molecule has 2 heterocycles. The topological polar surface area (TPSA) is 32.3 Å². The molecule has 1 aliphatic rings. The van der Waals surface area contributed by atoms with Gasteiger partial charge in [0.05, 0.1) is 32.6 Å². The Morgan fingerprint density at radius 1 is 0.760 bits per heavy atom. The summed E-state index contributed by atoms with van der Waals surface area (Å²) in [6.07, 6.45) is 1.81. The van der Waals surface area contributed by atoms with Crippen LogP contribution in [0.15, 0.2) is 42.6 Å². The lowest BCUT2D eigenvalue weighted by molar-refractivity contribution is 0.654. The minimum absolute atomic E-state index is 0.584. The van der Waals surface area contributed by atoms with Gasteiger partial charge < -0.3 is 9.80 Å². The fourth-order valence-electron chi connectivity index (χ4n) is 3.21. The van der Waals surface area contributed by atoms with Crippen molar-refractivity contribution in [2.75, 3.05) is 36.0 Å². The molecule has 0 N–H and O–H groups in total. The first-order valence-electron chi connectivity index (χ1n) is 7.99. The molecule has 0 saturated carbocycles. The number of hydrogen-bond acceptors (Lipinski definition) is 4. The molecular formula is C18H15Cl3N4. The van der Waals surface area contributed by atoms with Gasteiger partial charge in [-0.2, -0.15) is 5.10 Å². The van der Waals surface area contributed by atoms with Crippen molar-refractivity contribution in [1.82, 2.24) is 10.2 Å². The fraction of sp³-hybridized carbons (Fsp3) is 0.222. The highest BCUT2D eigenvalue weighted by Crippen LogP contribution is 2.34. The first-order valence-corrected chi connectivity index (χ1v) is 9.12. The van der Waals surface area contributed by atoms with Gasteiger partial charge in [0.25, 0.3) is 0 Å². The zero-order chi connectivity index (χ0) is 17.4. The largest absolute Gasteiger partial charge is 0.367 e. The number of fused-ring (bicyclic) bond motifs is 1. The van der Waals surface area contributed by atoms with E-state index in [0.717, 1.165) is 48.5 Å². The molecule has 1 aromatic heterocycles. The molecule has 1 aliphatic heterocycles. The molecule has 1 saturated heterocycles. The van der Waals surface area contributed by atoms with Crippen LogP contribution in [0.5, 0.6) is 0 Å². The van der Waals surface area contributed by atoms with E-state index in [1.54, 1.807) is 6.20 Å². The Morgan fingerprint density at radius 3 is 2.16 bits per heavy atom. The molecule has 7 heteroatoms. The quantitative estimate of drug-likeness (QED) is 0.619. The number of anilines is 2. The van der Waals surface area contributed by atoms with Crippen molar-refractivity contribution in [3.05, 3.63) is 57.7 Å². The fourth-order valence-corrected chi connectivity index (χ4v) is 3.84. The van der Waals surface area contributed by atoms with Crippen LogP contribution in [0.1, 0.15) is 0 Å². The first kappa shape index (κ1) is 16.7. The van der Waals surface area contributed by atoms with Gasteiger partial charge >= 0.3 is 0 Å². The van der Waals surface area contributed by atoms with E-state index in [-0.39, 0.29) is 0 Å². The SMILES string of the molecule is Clc1cccc(N2CCN(c3cnnc4c(Cl)cccc34)CC2)c1Cl. The molecule has 128 valence electrons. The summed E-state index contributed by atoms with van der Waals surface area (Å²) in [7, 11) is 0. The Balaban J connectivity index is 1.59. The molecule has 4 rings (SSSR count). The number of hydrogen-bond donors (Lipinski definition) is 0. The number of benzene rings is 2. The van der Waals surface area contributed by atoms with Crippen LogP contribution in [0.2, 0.25) is 15.1 Å². The summed E-state index contributed by atoms with van der Waals surface area (Å²) in [5.74, 6) is 0. The molecule has 0 radical (unpaired) electrons. The van der Waals surface area contributed by atoms with Gasteiger partial charge in [0.15, 0.2) is 0 Å². The molecule has 0 bridgehead atoms. The van der Waals surface area contributed by atoms with Crippen molar-refractivity contribution in [2.45, 2.75) is 0 Å². The second-order valence-electron chi connectivity index (χ2n) is 5.91. The number of rotatable bonds is 2. The van der Waals surface area contributed by atoms with Crippen molar-refractivity contribution in [3.8, 4) is 0 Å². The molecule has 0 aliphatic carbocycles. The lowest BCUT2D eigenvalue weighted by atomic mass is 10.1. The number of piperazine rings is 1. The van der Waals surface area contributed by atoms with E-state index in [4.69, 9.17) is 34.8 Å². The maximum atomic E-state index is 6.36. The van der Waals surface area contributed by atoms with Crippen molar-refractivity contribution >= 4 is 57.1 Å². The summed E-state index contributed by atoms with van der Waals surface area (Å²) < 4.78 is 0. The molecular weight excluding hydrogens is 379 g/mol. The summed E-state index contributed by atoms with van der Waals surface area (Å²) in [5.41, 5.74) is 2.78. The summed E-state index contributed by atoms with van der Waals surface area (Å²) in [5, 5.41) is 11.1. The summed E-state index contributed by atoms with van der Waals surface area (Å²) in [6.45, 7) is 3.42. The van der Waals surface area contributed by atoms with Crippen LogP contribution < -0.4 is 9.80 Å². The highest BCUT2D eigenvalue weighted by Gasteiger charge is 2.21. The minimum Gasteiger partial charge on any atom is -0.367 e. The molecule has 4 nitrogen and oxygen atoms in total. The maximum Gasteiger partial charge on any atom is 0.114 e. The van der Waals surface area contributed by atoms with E-state index in [0.29, 0.717) is 15.1 Å². The van der Waals surface area contributed by atoms with Crippen LogP contribution >= 0.6 is 34.8 Å².